The molecular weight excluding hydrogens is 322 g/mol. The molecule has 0 radical (unpaired) electrons. The van der Waals surface area contributed by atoms with Gasteiger partial charge in [0.25, 0.3) is 5.56 Å². The first kappa shape index (κ1) is 15.8. The zero-order valence-corrected chi connectivity index (χ0v) is 13.3. The van der Waals surface area contributed by atoms with Crippen molar-refractivity contribution in [3.05, 3.63) is 33.1 Å². The number of hydrogen-bond acceptors (Lipinski definition) is 6. The molecular formula is C13H17N5O4S. The smallest absolute Gasteiger partial charge is 0.327 e. The summed E-state index contributed by atoms with van der Waals surface area (Å²) in [6, 6.07) is 1.23. The van der Waals surface area contributed by atoms with Crippen LogP contribution in [0.5, 0.6) is 0 Å². The van der Waals surface area contributed by atoms with E-state index in [0.717, 1.165) is 6.20 Å². The van der Waals surface area contributed by atoms with E-state index < -0.39 is 21.3 Å². The number of hydrogen-bond donors (Lipinski definition) is 3. The Morgan fingerprint density at radius 2 is 2.13 bits per heavy atom. The lowest BCUT2D eigenvalue weighted by Crippen LogP contribution is -2.34. The number of sulfonamides is 1. The number of aromatic amines is 2. The van der Waals surface area contributed by atoms with Crippen LogP contribution in [0, 0.1) is 5.41 Å². The van der Waals surface area contributed by atoms with Gasteiger partial charge in [-0.3, -0.25) is 14.8 Å². The quantitative estimate of drug-likeness (QED) is 0.653. The van der Waals surface area contributed by atoms with Crippen molar-refractivity contribution >= 4 is 21.1 Å². The van der Waals surface area contributed by atoms with E-state index in [2.05, 4.69) is 15.0 Å². The lowest BCUT2D eigenvalue weighted by molar-refractivity contribution is 0.349. The Hall–Kier alpha value is -2.04. The molecule has 1 atom stereocenters. The van der Waals surface area contributed by atoms with Crippen molar-refractivity contribution < 1.29 is 8.42 Å². The monoisotopic (exact) mass is 339 g/mol. The van der Waals surface area contributed by atoms with E-state index in [1.165, 1.54) is 10.4 Å². The second-order valence-electron chi connectivity index (χ2n) is 6.08. The van der Waals surface area contributed by atoms with Gasteiger partial charge in [0.05, 0.1) is 5.39 Å². The molecule has 3 heterocycles. The summed E-state index contributed by atoms with van der Waals surface area (Å²) in [6.45, 7) is 3.04. The van der Waals surface area contributed by atoms with Gasteiger partial charge in [-0.1, -0.05) is 6.92 Å². The van der Waals surface area contributed by atoms with E-state index in [9.17, 15) is 18.0 Å². The number of rotatable bonds is 3. The molecule has 0 aliphatic carbocycles. The van der Waals surface area contributed by atoms with Crippen LogP contribution in [0.4, 0.5) is 0 Å². The lowest BCUT2D eigenvalue weighted by atomic mass is 9.90. The molecule has 2 aromatic heterocycles. The molecule has 10 heteroatoms. The Labute approximate surface area is 131 Å². The third-order valence-electron chi connectivity index (χ3n) is 4.22. The highest BCUT2D eigenvalue weighted by Crippen LogP contribution is 2.32. The summed E-state index contributed by atoms with van der Waals surface area (Å²) < 4.78 is 26.8. The van der Waals surface area contributed by atoms with Crippen LogP contribution in [-0.2, 0) is 10.0 Å². The van der Waals surface area contributed by atoms with Crippen LogP contribution in [0.15, 0.2) is 26.7 Å². The first-order valence-electron chi connectivity index (χ1n) is 7.08. The first-order chi connectivity index (χ1) is 10.7. The Kier molecular flexibility index (Phi) is 3.62. The number of nitrogens with two attached hydrogens (primary N) is 1. The number of pyridine rings is 1. The number of H-pyrrole nitrogens is 2. The molecule has 0 amide bonds. The maximum Gasteiger partial charge on any atom is 0.327 e. The zero-order chi connectivity index (χ0) is 16.8. The van der Waals surface area contributed by atoms with Crippen LogP contribution in [0.2, 0.25) is 0 Å². The molecule has 23 heavy (non-hydrogen) atoms. The molecule has 0 spiro atoms. The summed E-state index contributed by atoms with van der Waals surface area (Å²) in [4.78, 5) is 31.2. The number of aromatic nitrogens is 3. The lowest BCUT2D eigenvalue weighted by Gasteiger charge is -2.22. The van der Waals surface area contributed by atoms with Gasteiger partial charge < -0.3 is 5.73 Å². The third kappa shape index (κ3) is 2.69. The molecule has 9 nitrogen and oxygen atoms in total. The summed E-state index contributed by atoms with van der Waals surface area (Å²) in [5.41, 5.74) is 4.13. The topological polar surface area (TPSA) is 142 Å². The summed E-state index contributed by atoms with van der Waals surface area (Å²) in [7, 11) is -3.77. The fourth-order valence-corrected chi connectivity index (χ4v) is 4.23. The van der Waals surface area contributed by atoms with E-state index in [1.54, 1.807) is 0 Å². The van der Waals surface area contributed by atoms with Gasteiger partial charge >= 0.3 is 5.69 Å². The molecule has 0 saturated carbocycles. The van der Waals surface area contributed by atoms with Crippen LogP contribution >= 0.6 is 0 Å². The van der Waals surface area contributed by atoms with Crippen molar-refractivity contribution in [2.75, 3.05) is 19.6 Å². The van der Waals surface area contributed by atoms with E-state index in [0.29, 0.717) is 26.1 Å². The van der Waals surface area contributed by atoms with Crippen molar-refractivity contribution in [2.24, 2.45) is 11.1 Å². The van der Waals surface area contributed by atoms with Crippen molar-refractivity contribution in [3.8, 4) is 0 Å². The summed E-state index contributed by atoms with van der Waals surface area (Å²) in [6.07, 6.45) is 1.82. The van der Waals surface area contributed by atoms with Gasteiger partial charge in [-0.2, -0.15) is 4.31 Å². The first-order valence-corrected chi connectivity index (χ1v) is 8.52. The molecule has 0 aromatic carbocycles. The molecule has 1 fully saturated rings. The van der Waals surface area contributed by atoms with Gasteiger partial charge in [0.1, 0.15) is 10.5 Å². The Bertz CT molecular complexity index is 980. The molecule has 1 unspecified atom stereocenters. The van der Waals surface area contributed by atoms with Gasteiger partial charge in [-0.15, -0.1) is 0 Å². The van der Waals surface area contributed by atoms with E-state index in [-0.39, 0.29) is 21.3 Å². The maximum atomic E-state index is 12.7. The van der Waals surface area contributed by atoms with Gasteiger partial charge in [0.15, 0.2) is 0 Å². The van der Waals surface area contributed by atoms with Crippen LogP contribution in [-0.4, -0.2) is 47.3 Å². The fraction of sp³-hybridized carbons (Fsp3) is 0.462. The normalized spacial score (nSPS) is 22.7. The predicted octanol–water partition coefficient (Wildman–Crippen LogP) is -1.03. The minimum atomic E-state index is -3.77. The molecule has 1 aliphatic rings. The van der Waals surface area contributed by atoms with Crippen molar-refractivity contribution in [2.45, 2.75) is 18.2 Å². The van der Waals surface area contributed by atoms with Crippen molar-refractivity contribution in [1.82, 2.24) is 19.3 Å². The Morgan fingerprint density at radius 3 is 2.78 bits per heavy atom. The molecule has 0 bridgehead atoms. The second kappa shape index (κ2) is 5.25. The van der Waals surface area contributed by atoms with Crippen molar-refractivity contribution in [3.63, 3.8) is 0 Å². The highest BCUT2D eigenvalue weighted by molar-refractivity contribution is 7.89. The minimum absolute atomic E-state index is 0.0199. The van der Waals surface area contributed by atoms with Crippen LogP contribution < -0.4 is 17.0 Å². The number of fused-ring (bicyclic) bond motifs is 1. The second-order valence-corrected chi connectivity index (χ2v) is 8.02. The largest absolute Gasteiger partial charge is 0.330 e. The third-order valence-corrected chi connectivity index (χ3v) is 6.03. The van der Waals surface area contributed by atoms with Gasteiger partial charge in [-0.25, -0.2) is 18.2 Å². The van der Waals surface area contributed by atoms with Crippen LogP contribution in [0.3, 0.4) is 0 Å². The average Bonchev–Trinajstić information content (AvgIpc) is 2.91. The van der Waals surface area contributed by atoms with Gasteiger partial charge in [-0.05, 0) is 24.4 Å². The highest BCUT2D eigenvalue weighted by Gasteiger charge is 2.39. The van der Waals surface area contributed by atoms with E-state index in [4.69, 9.17) is 5.73 Å². The SMILES string of the molecule is CC1(CN)CCN(S(=O)(=O)c2cnc3[nH]c(=O)[nH]c(=O)c3c2)C1. The van der Waals surface area contributed by atoms with Crippen molar-refractivity contribution in [1.29, 1.82) is 0 Å². The maximum absolute atomic E-state index is 12.7. The predicted molar refractivity (Wildman–Crippen MR) is 83.5 cm³/mol. The van der Waals surface area contributed by atoms with Crippen LogP contribution in [0.1, 0.15) is 13.3 Å². The minimum Gasteiger partial charge on any atom is -0.330 e. The number of nitrogens with zero attached hydrogens (tertiary/aromatic N) is 2. The van der Waals surface area contributed by atoms with Gasteiger partial charge in [0.2, 0.25) is 10.0 Å². The Balaban J connectivity index is 2.06. The Morgan fingerprint density at radius 1 is 1.39 bits per heavy atom. The highest BCUT2D eigenvalue weighted by atomic mass is 32.2. The molecule has 1 saturated heterocycles. The molecule has 3 rings (SSSR count). The van der Waals surface area contributed by atoms with E-state index in [1.807, 2.05) is 6.92 Å². The van der Waals surface area contributed by atoms with E-state index >= 15 is 0 Å². The fourth-order valence-electron chi connectivity index (χ4n) is 2.67. The molecule has 4 N–H and O–H groups in total. The summed E-state index contributed by atoms with van der Waals surface area (Å²) in [5.74, 6) is 0. The van der Waals surface area contributed by atoms with Crippen LogP contribution in [0.25, 0.3) is 11.0 Å². The molecule has 2 aromatic rings. The average molecular weight is 339 g/mol. The van der Waals surface area contributed by atoms with Gasteiger partial charge in [0, 0.05) is 19.3 Å². The standard InChI is InChI=1S/C13H17N5O4S/c1-13(6-14)2-3-18(7-13)23(21,22)8-4-9-10(15-5-8)16-12(20)17-11(9)19/h4-5H,2-3,6-7,14H2,1H3,(H2,15,16,17,19,20). The molecule has 1 aliphatic heterocycles. The summed E-state index contributed by atoms with van der Waals surface area (Å²) in [5, 5.41) is 0.0199. The number of nitrogens with one attached hydrogen (secondary N) is 2. The zero-order valence-electron chi connectivity index (χ0n) is 12.5. The summed E-state index contributed by atoms with van der Waals surface area (Å²) >= 11 is 0. The molecule has 124 valence electrons.